The number of nitriles is 1. The molecule has 0 aliphatic carbocycles. The van der Waals surface area contributed by atoms with E-state index in [-0.39, 0.29) is 6.54 Å². The number of methoxy groups -OCH3 is 2. The third kappa shape index (κ3) is 2.23. The number of ether oxygens (including phenoxy) is 2. The van der Waals surface area contributed by atoms with Gasteiger partial charge in [0.25, 0.3) is 0 Å². The number of hydrogen-bond acceptors (Lipinski definition) is 5. The van der Waals surface area contributed by atoms with Crippen LogP contribution in [0, 0.1) is 11.3 Å². The van der Waals surface area contributed by atoms with Crippen molar-refractivity contribution >= 4 is 11.0 Å². The Labute approximate surface area is 127 Å². The van der Waals surface area contributed by atoms with Gasteiger partial charge in [0.1, 0.15) is 12.2 Å². The maximum absolute atomic E-state index is 9.12. The van der Waals surface area contributed by atoms with Gasteiger partial charge in [0.2, 0.25) is 0 Å². The Balaban J connectivity index is 2.29. The summed E-state index contributed by atoms with van der Waals surface area (Å²) >= 11 is 0. The van der Waals surface area contributed by atoms with Crippen LogP contribution in [0.3, 0.4) is 0 Å². The summed E-state index contributed by atoms with van der Waals surface area (Å²) in [5.74, 6) is 1.85. The molecule has 2 aromatic heterocycles. The van der Waals surface area contributed by atoms with Gasteiger partial charge in [-0.25, -0.2) is 4.98 Å². The lowest BCUT2D eigenvalue weighted by molar-refractivity contribution is 0.355. The predicted molar refractivity (Wildman–Crippen MR) is 81.7 cm³/mol. The highest BCUT2D eigenvalue weighted by Crippen LogP contribution is 2.34. The molecule has 110 valence electrons. The Morgan fingerprint density at radius 3 is 2.59 bits per heavy atom. The Bertz CT molecular complexity index is 850. The van der Waals surface area contributed by atoms with E-state index in [0.717, 1.165) is 11.0 Å². The molecule has 3 aromatic rings. The van der Waals surface area contributed by atoms with E-state index in [1.54, 1.807) is 26.5 Å². The van der Waals surface area contributed by atoms with Crippen molar-refractivity contribution in [3.05, 3.63) is 36.5 Å². The average Bonchev–Trinajstić information content (AvgIpc) is 2.92. The molecule has 0 saturated carbocycles. The van der Waals surface area contributed by atoms with Gasteiger partial charge in [-0.3, -0.25) is 4.98 Å². The zero-order valence-electron chi connectivity index (χ0n) is 12.3. The van der Waals surface area contributed by atoms with Gasteiger partial charge in [0.05, 0.1) is 31.3 Å². The van der Waals surface area contributed by atoms with E-state index < -0.39 is 0 Å². The summed E-state index contributed by atoms with van der Waals surface area (Å²) in [5.41, 5.74) is 2.25. The van der Waals surface area contributed by atoms with Crippen molar-refractivity contribution in [2.75, 3.05) is 14.2 Å². The van der Waals surface area contributed by atoms with Crippen LogP contribution in [0.15, 0.2) is 36.5 Å². The van der Waals surface area contributed by atoms with E-state index >= 15 is 0 Å². The fraction of sp³-hybridized carbons (Fsp3) is 0.188. The van der Waals surface area contributed by atoms with Crippen LogP contribution in [0.25, 0.3) is 22.6 Å². The lowest BCUT2D eigenvalue weighted by Gasteiger charge is -2.08. The summed E-state index contributed by atoms with van der Waals surface area (Å²) in [6.45, 7) is 0.178. The highest BCUT2D eigenvalue weighted by Gasteiger charge is 2.16. The standard InChI is InChI=1S/C16H14N4O2/c1-21-14-9-12-13(10-15(14)22-2)20(8-6-17)16(19-12)11-5-3-4-7-18-11/h3-5,7,9-10H,8H2,1-2H3. The van der Waals surface area contributed by atoms with Crippen LogP contribution < -0.4 is 9.47 Å². The number of imidazole rings is 1. The van der Waals surface area contributed by atoms with Crippen LogP contribution in [-0.2, 0) is 6.54 Å². The lowest BCUT2D eigenvalue weighted by atomic mass is 10.2. The normalized spacial score (nSPS) is 10.4. The quantitative estimate of drug-likeness (QED) is 0.739. The first kappa shape index (κ1) is 13.9. The number of nitrogens with zero attached hydrogens (tertiary/aromatic N) is 4. The summed E-state index contributed by atoms with van der Waals surface area (Å²) in [4.78, 5) is 8.92. The molecule has 0 unspecified atom stereocenters. The summed E-state index contributed by atoms with van der Waals surface area (Å²) < 4.78 is 12.5. The smallest absolute Gasteiger partial charge is 0.163 e. The molecule has 0 N–H and O–H groups in total. The molecule has 0 aliphatic heterocycles. The topological polar surface area (TPSA) is 73.0 Å². The number of aromatic nitrogens is 3. The van der Waals surface area contributed by atoms with Crippen molar-refractivity contribution in [2.45, 2.75) is 6.54 Å². The molecular formula is C16H14N4O2. The molecule has 1 aromatic carbocycles. The van der Waals surface area contributed by atoms with Crippen LogP contribution in [0.1, 0.15) is 0 Å². The third-order valence-corrected chi connectivity index (χ3v) is 3.38. The first-order valence-corrected chi connectivity index (χ1v) is 6.69. The van der Waals surface area contributed by atoms with E-state index in [0.29, 0.717) is 23.0 Å². The molecule has 2 heterocycles. The molecule has 6 nitrogen and oxygen atoms in total. The SMILES string of the molecule is COc1cc2nc(-c3ccccn3)n(CC#N)c2cc1OC. The molecule has 0 radical (unpaired) electrons. The molecule has 0 bridgehead atoms. The van der Waals surface area contributed by atoms with Crippen LogP contribution in [0.5, 0.6) is 11.5 Å². The number of rotatable bonds is 4. The van der Waals surface area contributed by atoms with Crippen molar-refractivity contribution in [1.29, 1.82) is 5.26 Å². The summed E-state index contributed by atoms with van der Waals surface area (Å²) in [6.07, 6.45) is 1.70. The number of fused-ring (bicyclic) bond motifs is 1. The van der Waals surface area contributed by atoms with Gasteiger partial charge in [-0.1, -0.05) is 6.07 Å². The molecule has 6 heteroatoms. The van der Waals surface area contributed by atoms with Crippen LogP contribution in [-0.4, -0.2) is 28.8 Å². The zero-order chi connectivity index (χ0) is 15.5. The minimum absolute atomic E-state index is 0.178. The first-order chi connectivity index (χ1) is 10.8. The van der Waals surface area contributed by atoms with Gasteiger partial charge in [-0.15, -0.1) is 0 Å². The fourth-order valence-corrected chi connectivity index (χ4v) is 2.37. The van der Waals surface area contributed by atoms with Gasteiger partial charge in [-0.2, -0.15) is 5.26 Å². The molecule has 0 aliphatic rings. The molecule has 0 saturated heterocycles. The maximum atomic E-state index is 9.12. The first-order valence-electron chi connectivity index (χ1n) is 6.69. The second kappa shape index (κ2) is 5.74. The second-order valence-corrected chi connectivity index (χ2v) is 4.59. The monoisotopic (exact) mass is 294 g/mol. The summed E-state index contributed by atoms with van der Waals surface area (Å²) in [5, 5.41) is 9.12. The van der Waals surface area contributed by atoms with Gasteiger partial charge < -0.3 is 14.0 Å². The van der Waals surface area contributed by atoms with Crippen molar-refractivity contribution < 1.29 is 9.47 Å². The molecule has 0 amide bonds. The van der Waals surface area contributed by atoms with Crippen molar-refractivity contribution in [3.63, 3.8) is 0 Å². The second-order valence-electron chi connectivity index (χ2n) is 4.59. The van der Waals surface area contributed by atoms with Crippen LogP contribution in [0.2, 0.25) is 0 Å². The third-order valence-electron chi connectivity index (χ3n) is 3.38. The Hall–Kier alpha value is -3.07. The van der Waals surface area contributed by atoms with Crippen molar-refractivity contribution in [3.8, 4) is 29.1 Å². The van der Waals surface area contributed by atoms with Gasteiger partial charge in [0, 0.05) is 18.3 Å². The molecular weight excluding hydrogens is 280 g/mol. The van der Waals surface area contributed by atoms with Gasteiger partial charge in [0.15, 0.2) is 17.3 Å². The molecule has 0 atom stereocenters. The van der Waals surface area contributed by atoms with E-state index in [4.69, 9.17) is 14.7 Å². The van der Waals surface area contributed by atoms with Crippen LogP contribution >= 0.6 is 0 Å². The average molecular weight is 294 g/mol. The summed E-state index contributed by atoms with van der Waals surface area (Å²) in [6, 6.07) is 11.4. The minimum atomic E-state index is 0.178. The Morgan fingerprint density at radius 2 is 1.95 bits per heavy atom. The molecule has 0 spiro atoms. The highest BCUT2D eigenvalue weighted by molar-refractivity contribution is 5.83. The fourth-order valence-electron chi connectivity index (χ4n) is 2.37. The Morgan fingerprint density at radius 1 is 1.18 bits per heavy atom. The van der Waals surface area contributed by atoms with Gasteiger partial charge >= 0.3 is 0 Å². The van der Waals surface area contributed by atoms with E-state index in [1.807, 2.05) is 28.8 Å². The van der Waals surface area contributed by atoms with Crippen molar-refractivity contribution in [1.82, 2.24) is 14.5 Å². The summed E-state index contributed by atoms with van der Waals surface area (Å²) in [7, 11) is 3.16. The van der Waals surface area contributed by atoms with Crippen LogP contribution in [0.4, 0.5) is 0 Å². The molecule has 3 rings (SSSR count). The van der Waals surface area contributed by atoms with E-state index in [9.17, 15) is 0 Å². The predicted octanol–water partition coefficient (Wildman–Crippen LogP) is 2.64. The van der Waals surface area contributed by atoms with E-state index in [1.165, 1.54) is 0 Å². The minimum Gasteiger partial charge on any atom is -0.493 e. The van der Waals surface area contributed by atoms with Crippen molar-refractivity contribution in [2.24, 2.45) is 0 Å². The van der Waals surface area contributed by atoms with Gasteiger partial charge in [-0.05, 0) is 12.1 Å². The Kier molecular flexibility index (Phi) is 3.62. The number of benzene rings is 1. The number of hydrogen-bond donors (Lipinski definition) is 0. The van der Waals surface area contributed by atoms with E-state index in [2.05, 4.69) is 16.0 Å². The lowest BCUT2D eigenvalue weighted by Crippen LogP contribution is -2.00. The highest BCUT2D eigenvalue weighted by atomic mass is 16.5. The molecule has 0 fully saturated rings. The molecule has 22 heavy (non-hydrogen) atoms. The number of pyridine rings is 1. The zero-order valence-corrected chi connectivity index (χ0v) is 12.3. The largest absolute Gasteiger partial charge is 0.493 e. The maximum Gasteiger partial charge on any atom is 0.163 e.